The van der Waals surface area contributed by atoms with Crippen molar-refractivity contribution in [3.63, 3.8) is 0 Å². The van der Waals surface area contributed by atoms with E-state index in [1.54, 1.807) is 6.20 Å². The van der Waals surface area contributed by atoms with Gasteiger partial charge in [0.25, 0.3) is 0 Å². The molecule has 156 valence electrons. The molecule has 0 saturated carbocycles. The fourth-order valence-electron chi connectivity index (χ4n) is 4.07. The highest BCUT2D eigenvalue weighted by molar-refractivity contribution is 5.76. The Bertz CT molecular complexity index is 936. The highest BCUT2D eigenvalue weighted by atomic mass is 15.4. The minimum absolute atomic E-state index is 0.739. The Balaban J connectivity index is 1.32. The molecule has 5 heteroatoms. The number of nitrogens with one attached hydrogen (secondary N) is 4. The van der Waals surface area contributed by atoms with Crippen molar-refractivity contribution in [2.24, 2.45) is 0 Å². The summed E-state index contributed by atoms with van der Waals surface area (Å²) in [4.78, 5) is 2.61. The van der Waals surface area contributed by atoms with E-state index in [4.69, 9.17) is 0 Å². The zero-order valence-corrected chi connectivity index (χ0v) is 17.5. The summed E-state index contributed by atoms with van der Waals surface area (Å²) in [6.45, 7) is 7.91. The lowest BCUT2D eigenvalue weighted by atomic mass is 10.1. The van der Waals surface area contributed by atoms with Gasteiger partial charge in [-0.05, 0) is 69.1 Å². The number of para-hydroxylation sites is 1. The highest BCUT2D eigenvalue weighted by Gasteiger charge is 2.11. The van der Waals surface area contributed by atoms with E-state index in [2.05, 4.69) is 69.0 Å². The lowest BCUT2D eigenvalue weighted by Crippen LogP contribution is -2.30. The molecule has 1 saturated heterocycles. The normalized spacial score (nSPS) is 15.8. The summed E-state index contributed by atoms with van der Waals surface area (Å²) < 4.78 is 0. The zero-order valence-electron chi connectivity index (χ0n) is 17.5. The Kier molecular flexibility index (Phi) is 6.75. The molecule has 0 unspecified atom stereocenters. The lowest BCUT2D eigenvalue weighted by molar-refractivity contribution is 0.226. The SMILES string of the molecule is C=C(Nc1cccc(CCCN2CCCCC2)c1)Nc1ccccc1C1=C=CNN1. The van der Waals surface area contributed by atoms with Gasteiger partial charge in [-0.3, -0.25) is 10.9 Å². The van der Waals surface area contributed by atoms with Crippen LogP contribution in [0.1, 0.15) is 36.8 Å². The van der Waals surface area contributed by atoms with Gasteiger partial charge in [-0.1, -0.05) is 49.1 Å². The van der Waals surface area contributed by atoms with Gasteiger partial charge in [-0.15, -0.1) is 0 Å². The van der Waals surface area contributed by atoms with Crippen LogP contribution in [0.4, 0.5) is 11.4 Å². The van der Waals surface area contributed by atoms with Gasteiger partial charge in [0.2, 0.25) is 0 Å². The monoisotopic (exact) mass is 401 g/mol. The standard InChI is InChI=1S/C25H31N5/c1-20(28-24-13-4-3-12-23(24)25-14-15-26-29-25)27-22-11-7-9-21(19-22)10-8-18-30-16-5-2-6-17-30/h3-4,7,9,11-13,15,19,26-29H,1-2,5-6,8,10,16-18H2. The van der Waals surface area contributed by atoms with Gasteiger partial charge in [0.15, 0.2) is 0 Å². The van der Waals surface area contributed by atoms with Crippen LogP contribution < -0.4 is 21.5 Å². The molecular formula is C25H31N5. The summed E-state index contributed by atoms with van der Waals surface area (Å²) in [7, 11) is 0. The number of hydrogen-bond donors (Lipinski definition) is 4. The molecule has 30 heavy (non-hydrogen) atoms. The van der Waals surface area contributed by atoms with Gasteiger partial charge in [-0.2, -0.15) is 0 Å². The molecule has 0 aliphatic carbocycles. The van der Waals surface area contributed by atoms with Crippen molar-refractivity contribution in [2.45, 2.75) is 32.1 Å². The third-order valence-corrected chi connectivity index (χ3v) is 5.58. The minimum Gasteiger partial charge on any atom is -0.342 e. The molecule has 0 aromatic heterocycles. The first-order valence-electron chi connectivity index (χ1n) is 10.9. The maximum Gasteiger partial charge on any atom is 0.107 e. The highest BCUT2D eigenvalue weighted by Crippen LogP contribution is 2.24. The molecule has 2 aromatic rings. The fourth-order valence-corrected chi connectivity index (χ4v) is 4.07. The molecular weight excluding hydrogens is 370 g/mol. The van der Waals surface area contributed by atoms with E-state index >= 15 is 0 Å². The van der Waals surface area contributed by atoms with Crippen molar-refractivity contribution < 1.29 is 0 Å². The molecule has 2 aliphatic heterocycles. The van der Waals surface area contributed by atoms with Crippen molar-refractivity contribution in [3.05, 3.63) is 84.0 Å². The van der Waals surface area contributed by atoms with Gasteiger partial charge in [0, 0.05) is 16.9 Å². The molecule has 5 nitrogen and oxygen atoms in total. The summed E-state index contributed by atoms with van der Waals surface area (Å²) in [5, 5.41) is 6.79. The van der Waals surface area contributed by atoms with Crippen molar-refractivity contribution in [2.75, 3.05) is 30.3 Å². The average molecular weight is 402 g/mol. The smallest absolute Gasteiger partial charge is 0.107 e. The van der Waals surface area contributed by atoms with Crippen LogP contribution in [0.5, 0.6) is 0 Å². The molecule has 0 bridgehead atoms. The predicted molar refractivity (Wildman–Crippen MR) is 126 cm³/mol. The lowest BCUT2D eigenvalue weighted by Gasteiger charge is -2.26. The number of piperidine rings is 1. The van der Waals surface area contributed by atoms with Crippen molar-refractivity contribution in [1.82, 2.24) is 15.8 Å². The number of benzene rings is 2. The van der Waals surface area contributed by atoms with E-state index in [0.29, 0.717) is 0 Å². The van der Waals surface area contributed by atoms with Crippen molar-refractivity contribution >= 4 is 17.1 Å². The zero-order chi connectivity index (χ0) is 20.6. The third kappa shape index (κ3) is 5.47. The van der Waals surface area contributed by atoms with Gasteiger partial charge in [-0.25, -0.2) is 0 Å². The summed E-state index contributed by atoms with van der Waals surface area (Å²) >= 11 is 0. The first-order valence-corrected chi connectivity index (χ1v) is 10.9. The Hall–Kier alpha value is -3.14. The first kappa shape index (κ1) is 20.1. The minimum atomic E-state index is 0.739. The number of hydrazine groups is 1. The maximum absolute atomic E-state index is 4.16. The summed E-state index contributed by atoms with van der Waals surface area (Å²) in [6, 6.07) is 16.7. The second kappa shape index (κ2) is 10.1. The van der Waals surface area contributed by atoms with Gasteiger partial charge < -0.3 is 15.5 Å². The number of hydrogen-bond acceptors (Lipinski definition) is 5. The Morgan fingerprint density at radius 1 is 1.03 bits per heavy atom. The first-order chi connectivity index (χ1) is 14.8. The van der Waals surface area contributed by atoms with Crippen LogP contribution in [-0.4, -0.2) is 24.5 Å². The average Bonchev–Trinajstić information content (AvgIpc) is 3.30. The summed E-state index contributed by atoms with van der Waals surface area (Å²) in [6.07, 6.45) is 8.19. The topological polar surface area (TPSA) is 51.4 Å². The Morgan fingerprint density at radius 2 is 1.90 bits per heavy atom. The molecule has 4 rings (SSSR count). The van der Waals surface area contributed by atoms with Crippen molar-refractivity contribution in [1.29, 1.82) is 0 Å². The number of aryl methyl sites for hydroxylation is 1. The molecule has 2 heterocycles. The number of likely N-dealkylation sites (tertiary alicyclic amines) is 1. The Labute approximate surface area is 179 Å². The molecule has 0 spiro atoms. The number of rotatable bonds is 9. The van der Waals surface area contributed by atoms with Crippen LogP contribution in [-0.2, 0) is 6.42 Å². The van der Waals surface area contributed by atoms with E-state index in [0.717, 1.165) is 34.9 Å². The van der Waals surface area contributed by atoms with Crippen molar-refractivity contribution in [3.8, 4) is 0 Å². The van der Waals surface area contributed by atoms with Gasteiger partial charge in [0.1, 0.15) is 11.5 Å². The van der Waals surface area contributed by atoms with E-state index in [9.17, 15) is 0 Å². The third-order valence-electron chi connectivity index (χ3n) is 5.58. The molecule has 1 fully saturated rings. The summed E-state index contributed by atoms with van der Waals surface area (Å²) in [5.41, 5.74) is 14.5. The second-order valence-electron chi connectivity index (χ2n) is 7.91. The van der Waals surface area contributed by atoms with Crippen LogP contribution in [0.2, 0.25) is 0 Å². The molecule has 4 N–H and O–H groups in total. The van der Waals surface area contributed by atoms with E-state index in [1.807, 2.05) is 18.2 Å². The Morgan fingerprint density at radius 3 is 2.73 bits per heavy atom. The van der Waals surface area contributed by atoms with Crippen LogP contribution in [0.3, 0.4) is 0 Å². The number of anilines is 2. The van der Waals surface area contributed by atoms with E-state index < -0.39 is 0 Å². The second-order valence-corrected chi connectivity index (χ2v) is 7.91. The van der Waals surface area contributed by atoms with Crippen LogP contribution >= 0.6 is 0 Å². The van der Waals surface area contributed by atoms with Crippen LogP contribution in [0, 0.1) is 0 Å². The molecule has 0 amide bonds. The quantitative estimate of drug-likeness (QED) is 0.461. The summed E-state index contributed by atoms with van der Waals surface area (Å²) in [5.74, 6) is 0.739. The van der Waals surface area contributed by atoms with Gasteiger partial charge in [0.05, 0.1) is 6.20 Å². The van der Waals surface area contributed by atoms with Crippen LogP contribution in [0.25, 0.3) is 5.70 Å². The fraction of sp³-hybridized carbons (Fsp3) is 0.320. The van der Waals surface area contributed by atoms with E-state index in [-0.39, 0.29) is 0 Å². The molecule has 0 radical (unpaired) electrons. The maximum atomic E-state index is 4.16. The molecule has 2 aliphatic rings. The van der Waals surface area contributed by atoms with Gasteiger partial charge >= 0.3 is 0 Å². The largest absolute Gasteiger partial charge is 0.342 e. The van der Waals surface area contributed by atoms with Crippen LogP contribution in [0.15, 0.2) is 72.9 Å². The number of nitrogens with zero attached hydrogens (tertiary/aromatic N) is 1. The molecule has 2 aromatic carbocycles. The van der Waals surface area contributed by atoms with E-state index in [1.165, 1.54) is 50.9 Å². The molecule has 0 atom stereocenters. The predicted octanol–water partition coefficient (Wildman–Crippen LogP) is 4.66.